The molecule has 2 fully saturated rings. The van der Waals surface area contributed by atoms with Crippen LogP contribution in [0.1, 0.15) is 46.4 Å². The van der Waals surface area contributed by atoms with Gasteiger partial charge < -0.3 is 10.2 Å². The number of benzene rings is 2. The van der Waals surface area contributed by atoms with Crippen molar-refractivity contribution in [3.8, 4) is 0 Å². The molecular weight excluding hydrogens is 350 g/mol. The predicted molar refractivity (Wildman–Crippen MR) is 111 cm³/mol. The van der Waals surface area contributed by atoms with Crippen LogP contribution >= 0.6 is 0 Å². The van der Waals surface area contributed by atoms with E-state index in [2.05, 4.69) is 10.2 Å². The minimum Gasteiger partial charge on any atom is -0.336 e. The monoisotopic (exact) mass is 377 g/mol. The summed E-state index contributed by atoms with van der Waals surface area (Å²) in [6, 6.07) is 17.0. The summed E-state index contributed by atoms with van der Waals surface area (Å²) in [4.78, 5) is 29.5. The molecule has 0 radical (unpaired) electrons. The molecular formula is C23H27N3O2. The highest BCUT2D eigenvalue weighted by atomic mass is 16.2. The second kappa shape index (κ2) is 8.57. The summed E-state index contributed by atoms with van der Waals surface area (Å²) in [6.45, 7) is 3.53. The Bertz CT molecular complexity index is 806. The molecule has 146 valence electrons. The highest BCUT2D eigenvalue weighted by Gasteiger charge is 2.28. The molecule has 28 heavy (non-hydrogen) atoms. The van der Waals surface area contributed by atoms with Crippen LogP contribution in [0.4, 0.5) is 5.69 Å². The topological polar surface area (TPSA) is 52.7 Å². The van der Waals surface area contributed by atoms with E-state index in [1.807, 2.05) is 23.1 Å². The molecule has 0 aromatic heterocycles. The minimum atomic E-state index is -0.150. The van der Waals surface area contributed by atoms with E-state index in [0.717, 1.165) is 32.2 Å². The first-order chi connectivity index (χ1) is 13.7. The molecule has 1 aliphatic heterocycles. The summed E-state index contributed by atoms with van der Waals surface area (Å²) in [6.07, 6.45) is 5.31. The lowest BCUT2D eigenvalue weighted by Crippen LogP contribution is -2.51. The molecule has 1 aliphatic carbocycles. The van der Waals surface area contributed by atoms with Gasteiger partial charge in [-0.15, -0.1) is 0 Å². The Balaban J connectivity index is 1.32. The van der Waals surface area contributed by atoms with Crippen LogP contribution < -0.4 is 5.32 Å². The van der Waals surface area contributed by atoms with Gasteiger partial charge in [-0.25, -0.2) is 0 Å². The number of carbonyl (C=O) groups is 2. The first-order valence-corrected chi connectivity index (χ1v) is 10.2. The Labute approximate surface area is 166 Å². The molecule has 1 saturated heterocycles. The number of hydrogen-bond acceptors (Lipinski definition) is 3. The van der Waals surface area contributed by atoms with Crippen molar-refractivity contribution in [2.45, 2.75) is 31.7 Å². The SMILES string of the molecule is O=C(Nc1ccc(C(=O)N2CCN(C3CCCC3)CC2)cc1)c1ccccc1. The van der Waals surface area contributed by atoms with E-state index < -0.39 is 0 Å². The first-order valence-electron chi connectivity index (χ1n) is 10.2. The Morgan fingerprint density at radius 1 is 0.786 bits per heavy atom. The van der Waals surface area contributed by atoms with Gasteiger partial charge in [0.2, 0.25) is 0 Å². The molecule has 1 N–H and O–H groups in total. The average molecular weight is 377 g/mol. The fraction of sp³-hybridized carbons (Fsp3) is 0.391. The maximum atomic E-state index is 12.8. The summed E-state index contributed by atoms with van der Waals surface area (Å²) < 4.78 is 0. The van der Waals surface area contributed by atoms with E-state index in [4.69, 9.17) is 0 Å². The van der Waals surface area contributed by atoms with Gasteiger partial charge in [0.05, 0.1) is 0 Å². The molecule has 4 rings (SSSR count). The van der Waals surface area contributed by atoms with E-state index in [0.29, 0.717) is 16.8 Å². The molecule has 1 saturated carbocycles. The van der Waals surface area contributed by atoms with Gasteiger partial charge in [0.25, 0.3) is 11.8 Å². The zero-order chi connectivity index (χ0) is 19.3. The van der Waals surface area contributed by atoms with E-state index in [-0.39, 0.29) is 11.8 Å². The molecule has 2 aliphatic rings. The highest BCUT2D eigenvalue weighted by Crippen LogP contribution is 2.24. The van der Waals surface area contributed by atoms with E-state index in [1.54, 1.807) is 36.4 Å². The summed E-state index contributed by atoms with van der Waals surface area (Å²) in [5.41, 5.74) is 1.98. The van der Waals surface area contributed by atoms with Gasteiger partial charge in [0.1, 0.15) is 0 Å². The lowest BCUT2D eigenvalue weighted by molar-refractivity contribution is 0.0573. The molecule has 0 spiro atoms. The quantitative estimate of drug-likeness (QED) is 0.885. The molecule has 0 bridgehead atoms. The van der Waals surface area contributed by atoms with Crippen LogP contribution in [0.5, 0.6) is 0 Å². The van der Waals surface area contributed by atoms with Gasteiger partial charge in [-0.1, -0.05) is 31.0 Å². The number of carbonyl (C=O) groups excluding carboxylic acids is 2. The molecule has 2 aromatic carbocycles. The van der Waals surface area contributed by atoms with Crippen molar-refractivity contribution in [1.29, 1.82) is 0 Å². The third-order valence-corrected chi connectivity index (χ3v) is 5.87. The molecule has 1 heterocycles. The van der Waals surface area contributed by atoms with Crippen molar-refractivity contribution in [2.75, 3.05) is 31.5 Å². The van der Waals surface area contributed by atoms with Gasteiger partial charge in [-0.2, -0.15) is 0 Å². The van der Waals surface area contributed by atoms with Crippen LogP contribution in [-0.4, -0.2) is 53.8 Å². The summed E-state index contributed by atoms with van der Waals surface area (Å²) in [5, 5.41) is 2.87. The van der Waals surface area contributed by atoms with Crippen LogP contribution in [0, 0.1) is 0 Å². The smallest absolute Gasteiger partial charge is 0.255 e. The number of nitrogens with one attached hydrogen (secondary N) is 1. The van der Waals surface area contributed by atoms with Crippen molar-refractivity contribution < 1.29 is 9.59 Å². The maximum absolute atomic E-state index is 12.8. The van der Waals surface area contributed by atoms with Crippen molar-refractivity contribution in [2.24, 2.45) is 0 Å². The number of rotatable bonds is 4. The molecule has 2 aromatic rings. The first kappa shape index (κ1) is 18.7. The fourth-order valence-corrected chi connectivity index (χ4v) is 4.23. The zero-order valence-corrected chi connectivity index (χ0v) is 16.1. The number of hydrogen-bond donors (Lipinski definition) is 1. The average Bonchev–Trinajstić information content (AvgIpc) is 3.29. The van der Waals surface area contributed by atoms with Gasteiger partial charge in [0, 0.05) is 49.0 Å². The molecule has 5 heteroatoms. The van der Waals surface area contributed by atoms with E-state index >= 15 is 0 Å². The lowest BCUT2D eigenvalue weighted by Gasteiger charge is -2.38. The molecule has 2 amide bonds. The Hall–Kier alpha value is -2.66. The fourth-order valence-electron chi connectivity index (χ4n) is 4.23. The van der Waals surface area contributed by atoms with Gasteiger partial charge in [0.15, 0.2) is 0 Å². The Morgan fingerprint density at radius 2 is 1.43 bits per heavy atom. The van der Waals surface area contributed by atoms with Crippen LogP contribution in [0.2, 0.25) is 0 Å². The van der Waals surface area contributed by atoms with Crippen molar-refractivity contribution in [1.82, 2.24) is 9.80 Å². The largest absolute Gasteiger partial charge is 0.336 e. The number of amides is 2. The second-order valence-corrected chi connectivity index (χ2v) is 7.66. The van der Waals surface area contributed by atoms with Crippen molar-refractivity contribution in [3.63, 3.8) is 0 Å². The standard InChI is InChI=1S/C23H27N3O2/c27-22(18-6-2-1-3-7-18)24-20-12-10-19(11-13-20)23(28)26-16-14-25(15-17-26)21-8-4-5-9-21/h1-3,6-7,10-13,21H,4-5,8-9,14-17H2,(H,24,27). The lowest BCUT2D eigenvalue weighted by atomic mass is 10.1. The van der Waals surface area contributed by atoms with Crippen molar-refractivity contribution in [3.05, 3.63) is 65.7 Å². The van der Waals surface area contributed by atoms with Crippen LogP contribution in [0.15, 0.2) is 54.6 Å². The molecule has 5 nitrogen and oxygen atoms in total. The van der Waals surface area contributed by atoms with Crippen molar-refractivity contribution >= 4 is 17.5 Å². The number of anilines is 1. The summed E-state index contributed by atoms with van der Waals surface area (Å²) >= 11 is 0. The number of piperazine rings is 1. The van der Waals surface area contributed by atoms with Crippen LogP contribution in [0.25, 0.3) is 0 Å². The second-order valence-electron chi connectivity index (χ2n) is 7.66. The molecule has 0 unspecified atom stereocenters. The van der Waals surface area contributed by atoms with E-state index in [1.165, 1.54) is 25.7 Å². The van der Waals surface area contributed by atoms with Gasteiger partial charge >= 0.3 is 0 Å². The van der Waals surface area contributed by atoms with Gasteiger partial charge in [-0.05, 0) is 49.2 Å². The Kier molecular flexibility index (Phi) is 5.72. The van der Waals surface area contributed by atoms with Crippen LogP contribution in [0.3, 0.4) is 0 Å². The highest BCUT2D eigenvalue weighted by molar-refractivity contribution is 6.04. The molecule has 0 atom stereocenters. The summed E-state index contributed by atoms with van der Waals surface area (Å²) in [7, 11) is 0. The Morgan fingerprint density at radius 3 is 2.07 bits per heavy atom. The van der Waals surface area contributed by atoms with Gasteiger partial charge in [-0.3, -0.25) is 14.5 Å². The minimum absolute atomic E-state index is 0.0759. The van der Waals surface area contributed by atoms with E-state index in [9.17, 15) is 9.59 Å². The zero-order valence-electron chi connectivity index (χ0n) is 16.1. The third-order valence-electron chi connectivity index (χ3n) is 5.87. The third kappa shape index (κ3) is 4.25. The predicted octanol–water partition coefficient (Wildman–Crippen LogP) is 3.64. The number of nitrogens with zero attached hydrogens (tertiary/aromatic N) is 2. The van der Waals surface area contributed by atoms with Crippen LogP contribution in [-0.2, 0) is 0 Å². The normalized spacial score (nSPS) is 18.2. The summed E-state index contributed by atoms with van der Waals surface area (Å²) in [5.74, 6) is -0.0743. The maximum Gasteiger partial charge on any atom is 0.255 e.